The average Bonchev–Trinajstić information content (AvgIpc) is 2.32. The van der Waals surface area contributed by atoms with Gasteiger partial charge in [-0.3, -0.25) is 0 Å². The molecule has 102 valence electrons. The lowest BCUT2D eigenvalue weighted by Crippen LogP contribution is -2.30. The molecule has 0 spiro atoms. The highest BCUT2D eigenvalue weighted by molar-refractivity contribution is 5.41. The van der Waals surface area contributed by atoms with Gasteiger partial charge in [0.05, 0.1) is 18.6 Å². The van der Waals surface area contributed by atoms with Gasteiger partial charge in [-0.15, -0.1) is 0 Å². The van der Waals surface area contributed by atoms with Gasteiger partial charge in [-0.25, -0.2) is 0 Å². The summed E-state index contributed by atoms with van der Waals surface area (Å²) in [7, 11) is 1.70. The number of rotatable bonds is 3. The summed E-state index contributed by atoms with van der Waals surface area (Å²) in [5, 5.41) is 9.40. The van der Waals surface area contributed by atoms with Crippen LogP contribution in [0, 0.1) is 16.7 Å². The fraction of sp³-hybridized carbons (Fsp3) is 0.588. The van der Waals surface area contributed by atoms with Crippen molar-refractivity contribution >= 4 is 0 Å². The van der Waals surface area contributed by atoms with Crippen LogP contribution in [-0.2, 0) is 11.8 Å². The molecule has 0 saturated heterocycles. The smallest absolute Gasteiger partial charge is 0.122 e. The third-order valence-electron chi connectivity index (χ3n) is 4.22. The first kappa shape index (κ1) is 13.9. The molecule has 19 heavy (non-hydrogen) atoms. The summed E-state index contributed by atoms with van der Waals surface area (Å²) in [5.41, 5.74) is 2.46. The SMILES string of the molecule is COc1ccc(C(C)(C)C)cc1CC1(C#N)CCC1. The normalized spacial score (nSPS) is 17.4. The van der Waals surface area contributed by atoms with Crippen molar-refractivity contribution in [2.45, 2.75) is 51.9 Å². The van der Waals surface area contributed by atoms with Crippen molar-refractivity contribution in [2.75, 3.05) is 7.11 Å². The first-order chi connectivity index (χ1) is 8.90. The van der Waals surface area contributed by atoms with E-state index >= 15 is 0 Å². The molecular weight excluding hydrogens is 234 g/mol. The number of nitriles is 1. The quantitative estimate of drug-likeness (QED) is 0.811. The maximum Gasteiger partial charge on any atom is 0.122 e. The van der Waals surface area contributed by atoms with Gasteiger partial charge in [-0.05, 0) is 41.9 Å². The topological polar surface area (TPSA) is 33.0 Å². The second kappa shape index (κ2) is 4.89. The first-order valence-corrected chi connectivity index (χ1v) is 6.99. The molecule has 1 aromatic rings. The Morgan fingerprint density at radius 2 is 2.00 bits per heavy atom. The van der Waals surface area contributed by atoms with Crippen molar-refractivity contribution in [3.8, 4) is 11.8 Å². The van der Waals surface area contributed by atoms with Gasteiger partial charge < -0.3 is 4.74 Å². The zero-order valence-corrected chi connectivity index (χ0v) is 12.4. The Morgan fingerprint density at radius 3 is 2.42 bits per heavy atom. The molecule has 1 aliphatic carbocycles. The molecule has 1 fully saturated rings. The maximum absolute atomic E-state index is 9.40. The fourth-order valence-corrected chi connectivity index (χ4v) is 2.68. The molecule has 0 atom stereocenters. The number of hydrogen-bond donors (Lipinski definition) is 0. The van der Waals surface area contributed by atoms with Crippen molar-refractivity contribution in [3.05, 3.63) is 29.3 Å². The number of hydrogen-bond acceptors (Lipinski definition) is 2. The average molecular weight is 257 g/mol. The molecule has 2 nitrogen and oxygen atoms in total. The number of nitrogens with zero attached hydrogens (tertiary/aromatic N) is 1. The lowest BCUT2D eigenvalue weighted by Gasteiger charge is -2.36. The number of benzene rings is 1. The van der Waals surface area contributed by atoms with E-state index in [1.165, 1.54) is 17.5 Å². The Bertz CT molecular complexity index is 501. The second-order valence-corrected chi connectivity index (χ2v) is 6.70. The Hall–Kier alpha value is -1.49. The molecule has 0 unspecified atom stereocenters. The van der Waals surface area contributed by atoms with E-state index in [1.807, 2.05) is 6.07 Å². The van der Waals surface area contributed by atoms with E-state index in [-0.39, 0.29) is 10.8 Å². The van der Waals surface area contributed by atoms with Crippen LogP contribution in [0.5, 0.6) is 5.75 Å². The van der Waals surface area contributed by atoms with E-state index in [1.54, 1.807) is 7.11 Å². The molecule has 2 heteroatoms. The minimum Gasteiger partial charge on any atom is -0.496 e. The predicted molar refractivity (Wildman–Crippen MR) is 77.3 cm³/mol. The van der Waals surface area contributed by atoms with Crippen molar-refractivity contribution in [3.63, 3.8) is 0 Å². The summed E-state index contributed by atoms with van der Waals surface area (Å²) in [6, 6.07) is 8.90. The van der Waals surface area contributed by atoms with Crippen LogP contribution in [0.1, 0.15) is 51.2 Å². The summed E-state index contributed by atoms with van der Waals surface area (Å²) >= 11 is 0. The molecule has 1 aromatic carbocycles. The first-order valence-electron chi connectivity index (χ1n) is 6.99. The van der Waals surface area contributed by atoms with E-state index in [4.69, 9.17) is 4.74 Å². The minimum absolute atomic E-state index is 0.125. The highest BCUT2D eigenvalue weighted by Crippen LogP contribution is 2.44. The van der Waals surface area contributed by atoms with E-state index in [0.717, 1.165) is 25.0 Å². The van der Waals surface area contributed by atoms with Crippen molar-refractivity contribution < 1.29 is 4.74 Å². The third kappa shape index (κ3) is 2.76. The zero-order chi connectivity index (χ0) is 14.1. The summed E-state index contributed by atoms with van der Waals surface area (Å²) in [6.07, 6.45) is 4.03. The third-order valence-corrected chi connectivity index (χ3v) is 4.22. The zero-order valence-electron chi connectivity index (χ0n) is 12.4. The highest BCUT2D eigenvalue weighted by atomic mass is 16.5. The molecule has 0 N–H and O–H groups in total. The van der Waals surface area contributed by atoms with Crippen molar-refractivity contribution in [1.82, 2.24) is 0 Å². The Kier molecular flexibility index (Phi) is 3.58. The van der Waals surface area contributed by atoms with Crippen LogP contribution in [0.2, 0.25) is 0 Å². The van der Waals surface area contributed by atoms with Crippen molar-refractivity contribution in [2.24, 2.45) is 5.41 Å². The summed E-state index contributed by atoms with van der Waals surface area (Å²) < 4.78 is 5.46. The molecule has 0 amide bonds. The monoisotopic (exact) mass is 257 g/mol. The van der Waals surface area contributed by atoms with Gasteiger partial charge in [0.2, 0.25) is 0 Å². The molecule has 0 bridgehead atoms. The van der Waals surface area contributed by atoms with Crippen LogP contribution in [0.3, 0.4) is 0 Å². The summed E-state index contributed by atoms with van der Waals surface area (Å²) in [5.74, 6) is 0.912. The van der Waals surface area contributed by atoms with E-state index in [2.05, 4.69) is 39.0 Å². The van der Waals surface area contributed by atoms with Crippen LogP contribution >= 0.6 is 0 Å². The van der Waals surface area contributed by atoms with Crippen LogP contribution in [0.15, 0.2) is 18.2 Å². The second-order valence-electron chi connectivity index (χ2n) is 6.70. The Balaban J connectivity index is 2.35. The van der Waals surface area contributed by atoms with Gasteiger partial charge >= 0.3 is 0 Å². The largest absolute Gasteiger partial charge is 0.496 e. The van der Waals surface area contributed by atoms with E-state index in [9.17, 15) is 5.26 Å². The minimum atomic E-state index is -0.149. The van der Waals surface area contributed by atoms with Gasteiger partial charge in [0.15, 0.2) is 0 Å². The molecule has 1 aliphatic rings. The highest BCUT2D eigenvalue weighted by Gasteiger charge is 2.38. The van der Waals surface area contributed by atoms with Gasteiger partial charge in [0.25, 0.3) is 0 Å². The molecule has 2 rings (SSSR count). The molecular formula is C17H23NO. The van der Waals surface area contributed by atoms with E-state index < -0.39 is 0 Å². The van der Waals surface area contributed by atoms with Gasteiger partial charge in [-0.2, -0.15) is 5.26 Å². The molecule has 0 heterocycles. The van der Waals surface area contributed by atoms with Crippen LogP contribution < -0.4 is 4.74 Å². The number of ether oxygens (including phenoxy) is 1. The molecule has 0 aliphatic heterocycles. The van der Waals surface area contributed by atoms with Crippen LogP contribution in [-0.4, -0.2) is 7.11 Å². The predicted octanol–water partition coefficient (Wildman–Crippen LogP) is 4.23. The molecule has 0 radical (unpaired) electrons. The van der Waals surface area contributed by atoms with Crippen molar-refractivity contribution in [1.29, 1.82) is 5.26 Å². The van der Waals surface area contributed by atoms with Gasteiger partial charge in [0, 0.05) is 0 Å². The van der Waals surface area contributed by atoms with Gasteiger partial charge in [0.1, 0.15) is 5.75 Å². The lowest BCUT2D eigenvalue weighted by molar-refractivity contribution is 0.212. The summed E-state index contributed by atoms with van der Waals surface area (Å²) in [6.45, 7) is 6.63. The Labute approximate surface area is 116 Å². The van der Waals surface area contributed by atoms with Crippen LogP contribution in [0.4, 0.5) is 0 Å². The van der Waals surface area contributed by atoms with Gasteiger partial charge in [-0.1, -0.05) is 39.3 Å². The van der Waals surface area contributed by atoms with Crippen LogP contribution in [0.25, 0.3) is 0 Å². The maximum atomic E-state index is 9.40. The summed E-state index contributed by atoms with van der Waals surface area (Å²) in [4.78, 5) is 0. The Morgan fingerprint density at radius 1 is 1.32 bits per heavy atom. The standard InChI is InChI=1S/C17H23NO/c1-16(2,3)14-6-7-15(19-4)13(10-14)11-17(12-18)8-5-9-17/h6-7,10H,5,8-9,11H2,1-4H3. The van der Waals surface area contributed by atoms with E-state index in [0.29, 0.717) is 0 Å². The fourth-order valence-electron chi connectivity index (χ4n) is 2.68. The molecule has 1 saturated carbocycles. The lowest BCUT2D eigenvalue weighted by atomic mass is 9.66. The number of methoxy groups -OCH3 is 1. The molecule has 0 aromatic heterocycles.